The van der Waals surface area contributed by atoms with E-state index in [-0.39, 0.29) is 4.90 Å². The molecule has 112 valence electrons. The number of thiophene rings is 1. The Morgan fingerprint density at radius 1 is 1.10 bits per heavy atom. The van der Waals surface area contributed by atoms with Crippen molar-refractivity contribution in [1.82, 2.24) is 4.72 Å². The van der Waals surface area contributed by atoms with Crippen molar-refractivity contribution in [2.75, 3.05) is 5.32 Å². The quantitative estimate of drug-likeness (QED) is 0.910. The number of anilines is 1. The summed E-state index contributed by atoms with van der Waals surface area (Å²) in [5.41, 5.74) is 3.69. The number of sulfonamides is 1. The summed E-state index contributed by atoms with van der Waals surface area (Å²) in [7, 11) is -3.82. The second kappa shape index (κ2) is 5.87. The molecule has 2 rings (SSSR count). The highest BCUT2D eigenvalue weighted by atomic mass is 32.2. The number of rotatable bonds is 3. The molecule has 1 heterocycles. The Morgan fingerprint density at radius 2 is 1.81 bits per heavy atom. The molecule has 0 aliphatic rings. The summed E-state index contributed by atoms with van der Waals surface area (Å²) in [5, 5.41) is 5.68. The summed E-state index contributed by atoms with van der Waals surface area (Å²) < 4.78 is 25.9. The molecular weight excluding hydrogens is 308 g/mol. The molecule has 1 aromatic heterocycles. The van der Waals surface area contributed by atoms with Crippen LogP contribution in [0.15, 0.2) is 33.9 Å². The first-order chi connectivity index (χ1) is 9.81. The first-order valence-electron chi connectivity index (χ1n) is 6.24. The van der Waals surface area contributed by atoms with Crippen LogP contribution >= 0.6 is 11.3 Å². The fourth-order valence-electron chi connectivity index (χ4n) is 1.83. The van der Waals surface area contributed by atoms with Crippen LogP contribution in [0.5, 0.6) is 0 Å². The van der Waals surface area contributed by atoms with Gasteiger partial charge in [-0.2, -0.15) is 11.3 Å². The molecule has 0 spiro atoms. The highest BCUT2D eigenvalue weighted by Crippen LogP contribution is 2.21. The molecular formula is C14H16N2O3S2. The van der Waals surface area contributed by atoms with Crippen molar-refractivity contribution >= 4 is 33.1 Å². The molecule has 5 nitrogen and oxygen atoms in total. The largest absolute Gasteiger partial charge is 0.333 e. The number of aryl methyl sites for hydroxylation is 1. The topological polar surface area (TPSA) is 75.3 Å². The summed E-state index contributed by atoms with van der Waals surface area (Å²) in [6.45, 7) is 5.81. The van der Waals surface area contributed by atoms with Crippen molar-refractivity contribution in [3.63, 3.8) is 0 Å². The SMILES string of the molecule is Cc1ccc(NC(=O)NS(=O)(=O)c2ccsc2)c(C)c1C. The number of benzene rings is 1. The summed E-state index contributed by atoms with van der Waals surface area (Å²) in [5.74, 6) is 0. The van der Waals surface area contributed by atoms with Crippen molar-refractivity contribution < 1.29 is 13.2 Å². The van der Waals surface area contributed by atoms with E-state index in [0.717, 1.165) is 16.7 Å². The van der Waals surface area contributed by atoms with Crippen LogP contribution in [0, 0.1) is 20.8 Å². The van der Waals surface area contributed by atoms with Gasteiger partial charge in [-0.05, 0) is 55.0 Å². The number of nitrogens with one attached hydrogen (secondary N) is 2. The molecule has 2 amide bonds. The molecule has 0 saturated carbocycles. The van der Waals surface area contributed by atoms with Crippen LogP contribution in [0.25, 0.3) is 0 Å². The minimum Gasteiger partial charge on any atom is -0.307 e. The van der Waals surface area contributed by atoms with Gasteiger partial charge in [-0.3, -0.25) is 0 Å². The van der Waals surface area contributed by atoms with Crippen molar-refractivity contribution in [3.8, 4) is 0 Å². The van der Waals surface area contributed by atoms with E-state index in [0.29, 0.717) is 5.69 Å². The van der Waals surface area contributed by atoms with Crippen LogP contribution in [0.1, 0.15) is 16.7 Å². The molecule has 0 aliphatic carbocycles. The van der Waals surface area contributed by atoms with Crippen molar-refractivity contribution in [2.45, 2.75) is 25.7 Å². The fourth-order valence-corrected chi connectivity index (χ4v) is 3.76. The second-order valence-corrected chi connectivity index (χ2v) is 7.16. The molecule has 2 aromatic rings. The third-order valence-corrected chi connectivity index (χ3v) is 5.50. The number of hydrogen-bond acceptors (Lipinski definition) is 4. The number of carbonyl (C=O) groups excluding carboxylic acids is 1. The number of hydrogen-bond donors (Lipinski definition) is 2. The second-order valence-electron chi connectivity index (χ2n) is 4.70. The average molecular weight is 324 g/mol. The molecule has 2 N–H and O–H groups in total. The van der Waals surface area contributed by atoms with Gasteiger partial charge in [0, 0.05) is 11.1 Å². The molecule has 21 heavy (non-hydrogen) atoms. The molecule has 7 heteroatoms. The summed E-state index contributed by atoms with van der Waals surface area (Å²) >= 11 is 1.25. The van der Waals surface area contributed by atoms with Crippen molar-refractivity contribution in [1.29, 1.82) is 0 Å². The number of amides is 2. The Hall–Kier alpha value is -1.86. The predicted octanol–water partition coefficient (Wildman–Crippen LogP) is 3.18. The molecule has 0 bridgehead atoms. The molecule has 0 fully saturated rings. The molecule has 0 atom stereocenters. The first-order valence-corrected chi connectivity index (χ1v) is 8.66. The lowest BCUT2D eigenvalue weighted by atomic mass is 10.0. The smallest absolute Gasteiger partial charge is 0.307 e. The van der Waals surface area contributed by atoms with Gasteiger partial charge in [0.15, 0.2) is 0 Å². The van der Waals surface area contributed by atoms with Crippen LogP contribution in [-0.2, 0) is 10.0 Å². The molecule has 1 aromatic carbocycles. The van der Waals surface area contributed by atoms with Crippen LogP contribution < -0.4 is 10.0 Å². The lowest BCUT2D eigenvalue weighted by Crippen LogP contribution is -2.34. The van der Waals surface area contributed by atoms with Gasteiger partial charge in [0.05, 0.1) is 4.90 Å². The van der Waals surface area contributed by atoms with Crippen LogP contribution in [0.4, 0.5) is 10.5 Å². The summed E-state index contributed by atoms with van der Waals surface area (Å²) in [4.78, 5) is 12.0. The summed E-state index contributed by atoms with van der Waals surface area (Å²) in [6, 6.07) is 4.31. The van der Waals surface area contributed by atoms with Crippen LogP contribution in [0.3, 0.4) is 0 Å². The van der Waals surface area contributed by atoms with Gasteiger partial charge in [0.25, 0.3) is 10.0 Å². The standard InChI is InChI=1S/C14H16N2O3S2/c1-9-4-5-13(11(3)10(9)2)15-14(17)16-21(18,19)12-6-7-20-8-12/h4-8H,1-3H3,(H2,15,16,17). The Kier molecular flexibility index (Phi) is 4.34. The van der Waals surface area contributed by atoms with E-state index in [2.05, 4.69) is 5.32 Å². The first kappa shape index (κ1) is 15.5. The van der Waals surface area contributed by atoms with Gasteiger partial charge in [-0.25, -0.2) is 17.9 Å². The van der Waals surface area contributed by atoms with Crippen LogP contribution in [0.2, 0.25) is 0 Å². The van der Waals surface area contributed by atoms with Gasteiger partial charge in [-0.15, -0.1) is 0 Å². The van der Waals surface area contributed by atoms with E-state index in [9.17, 15) is 13.2 Å². The van der Waals surface area contributed by atoms with E-state index in [1.165, 1.54) is 22.8 Å². The minimum absolute atomic E-state index is 0.0828. The van der Waals surface area contributed by atoms with E-state index >= 15 is 0 Å². The maximum atomic E-state index is 11.9. The fraction of sp³-hybridized carbons (Fsp3) is 0.214. The average Bonchev–Trinajstić information content (AvgIpc) is 2.94. The molecule has 0 aliphatic heterocycles. The van der Waals surface area contributed by atoms with Gasteiger partial charge in [0.1, 0.15) is 0 Å². The number of carbonyl (C=O) groups is 1. The Labute approximate surface area is 128 Å². The maximum absolute atomic E-state index is 11.9. The highest BCUT2D eigenvalue weighted by Gasteiger charge is 2.18. The van der Waals surface area contributed by atoms with Crippen molar-refractivity contribution in [3.05, 3.63) is 45.6 Å². The lowest BCUT2D eigenvalue weighted by molar-refractivity contribution is 0.256. The highest BCUT2D eigenvalue weighted by molar-refractivity contribution is 7.90. The van der Waals surface area contributed by atoms with Gasteiger partial charge in [0.2, 0.25) is 0 Å². The van der Waals surface area contributed by atoms with Gasteiger partial charge in [-0.1, -0.05) is 6.07 Å². The normalized spacial score (nSPS) is 11.2. The zero-order valence-electron chi connectivity index (χ0n) is 11.9. The van der Waals surface area contributed by atoms with Crippen molar-refractivity contribution in [2.24, 2.45) is 0 Å². The van der Waals surface area contributed by atoms with Gasteiger partial charge < -0.3 is 5.32 Å². The van der Waals surface area contributed by atoms with Crippen LogP contribution in [-0.4, -0.2) is 14.4 Å². The molecule has 0 saturated heterocycles. The minimum atomic E-state index is -3.82. The lowest BCUT2D eigenvalue weighted by Gasteiger charge is -2.13. The Bertz CT molecular complexity index is 766. The third-order valence-electron chi connectivity index (χ3n) is 3.34. The van der Waals surface area contributed by atoms with E-state index in [1.54, 1.807) is 11.4 Å². The Morgan fingerprint density at radius 3 is 2.43 bits per heavy atom. The van der Waals surface area contributed by atoms with Gasteiger partial charge >= 0.3 is 6.03 Å². The zero-order valence-corrected chi connectivity index (χ0v) is 13.6. The van der Waals surface area contributed by atoms with E-state index in [4.69, 9.17) is 0 Å². The predicted molar refractivity (Wildman–Crippen MR) is 84.3 cm³/mol. The number of urea groups is 1. The summed E-state index contributed by atoms with van der Waals surface area (Å²) in [6.07, 6.45) is 0. The third kappa shape index (κ3) is 3.43. The monoisotopic (exact) mass is 324 g/mol. The Balaban J connectivity index is 2.15. The maximum Gasteiger partial charge on any atom is 0.333 e. The zero-order chi connectivity index (χ0) is 15.6. The van der Waals surface area contributed by atoms with E-state index in [1.807, 2.05) is 31.6 Å². The molecule has 0 unspecified atom stereocenters. The molecule has 0 radical (unpaired) electrons. The van der Waals surface area contributed by atoms with E-state index < -0.39 is 16.1 Å².